The number of hydrogen-bond acceptors (Lipinski definition) is 4. The molecule has 1 fully saturated rings. The van der Waals surface area contributed by atoms with Crippen LogP contribution in [0.25, 0.3) is 0 Å². The fraction of sp³-hybridized carbons (Fsp3) is 0.733. The number of nitrogens with one attached hydrogen (secondary N) is 1. The minimum absolute atomic E-state index is 0.0846. The molecular formula is C15H23NOS2. The van der Waals surface area contributed by atoms with Crippen molar-refractivity contribution in [3.63, 3.8) is 0 Å². The second-order valence-electron chi connectivity index (χ2n) is 5.90. The minimum Gasteiger partial charge on any atom is -0.393 e. The van der Waals surface area contributed by atoms with Crippen LogP contribution in [0, 0.1) is 5.92 Å². The van der Waals surface area contributed by atoms with Crippen LogP contribution in [-0.4, -0.2) is 23.0 Å². The lowest BCUT2D eigenvalue weighted by Crippen LogP contribution is -2.36. The Bertz CT molecular complexity index is 420. The summed E-state index contributed by atoms with van der Waals surface area (Å²) in [5, 5.41) is 16.7. The predicted octanol–water partition coefficient (Wildman–Crippen LogP) is 3.81. The summed E-state index contributed by atoms with van der Waals surface area (Å²) in [6, 6.07) is 2.76. The molecule has 1 aliphatic carbocycles. The van der Waals surface area contributed by atoms with Crippen molar-refractivity contribution in [2.24, 2.45) is 5.92 Å². The zero-order valence-electron chi connectivity index (χ0n) is 11.5. The van der Waals surface area contributed by atoms with Crippen LogP contribution >= 0.6 is 23.1 Å². The Balaban J connectivity index is 1.61. The summed E-state index contributed by atoms with van der Waals surface area (Å²) in [5.41, 5.74) is 1.48. The van der Waals surface area contributed by atoms with Gasteiger partial charge < -0.3 is 10.4 Å². The summed E-state index contributed by atoms with van der Waals surface area (Å²) in [4.78, 5) is 0. The molecule has 2 nitrogen and oxygen atoms in total. The minimum atomic E-state index is -0.0846. The molecule has 2 heterocycles. The molecule has 106 valence electrons. The zero-order chi connectivity index (χ0) is 13.2. The molecular weight excluding hydrogens is 274 g/mol. The quantitative estimate of drug-likeness (QED) is 0.889. The SMILES string of the molecule is C[C@H]1CC(NCC2CCCCC2O)c2ccsc2S1. The normalized spacial score (nSPS) is 35.1. The molecule has 2 N–H and O–H groups in total. The number of aliphatic hydroxyl groups is 1. The smallest absolute Gasteiger partial charge is 0.0649 e. The van der Waals surface area contributed by atoms with Gasteiger partial charge in [0, 0.05) is 17.8 Å². The van der Waals surface area contributed by atoms with Gasteiger partial charge in [0.2, 0.25) is 0 Å². The molecule has 0 amide bonds. The Labute approximate surface area is 124 Å². The van der Waals surface area contributed by atoms with E-state index in [1.165, 1.54) is 35.5 Å². The molecule has 1 aliphatic heterocycles. The van der Waals surface area contributed by atoms with Gasteiger partial charge in [-0.3, -0.25) is 0 Å². The summed E-state index contributed by atoms with van der Waals surface area (Å²) in [7, 11) is 0. The first-order chi connectivity index (χ1) is 9.24. The first kappa shape index (κ1) is 13.9. The highest BCUT2D eigenvalue weighted by Gasteiger charge is 2.28. The Morgan fingerprint density at radius 2 is 2.21 bits per heavy atom. The van der Waals surface area contributed by atoms with Crippen molar-refractivity contribution in [2.75, 3.05) is 6.54 Å². The van der Waals surface area contributed by atoms with Gasteiger partial charge in [0.05, 0.1) is 10.3 Å². The topological polar surface area (TPSA) is 32.3 Å². The Morgan fingerprint density at radius 1 is 1.37 bits per heavy atom. The van der Waals surface area contributed by atoms with Crippen molar-refractivity contribution < 1.29 is 5.11 Å². The van der Waals surface area contributed by atoms with E-state index in [0.29, 0.717) is 17.2 Å². The average Bonchev–Trinajstić information content (AvgIpc) is 2.85. The molecule has 0 saturated heterocycles. The fourth-order valence-electron chi connectivity index (χ4n) is 3.26. The lowest BCUT2D eigenvalue weighted by molar-refractivity contribution is 0.0678. The van der Waals surface area contributed by atoms with Crippen molar-refractivity contribution in [3.8, 4) is 0 Å². The molecule has 4 heteroatoms. The van der Waals surface area contributed by atoms with Gasteiger partial charge in [0.1, 0.15) is 0 Å². The molecule has 3 unspecified atom stereocenters. The maximum atomic E-state index is 10.1. The molecule has 0 spiro atoms. The maximum Gasteiger partial charge on any atom is 0.0649 e. The summed E-state index contributed by atoms with van der Waals surface area (Å²) in [5.74, 6) is 0.459. The van der Waals surface area contributed by atoms with Crippen LogP contribution in [0.2, 0.25) is 0 Å². The first-order valence-electron chi connectivity index (χ1n) is 7.39. The van der Waals surface area contributed by atoms with E-state index in [4.69, 9.17) is 0 Å². The predicted molar refractivity (Wildman–Crippen MR) is 83.0 cm³/mol. The van der Waals surface area contributed by atoms with Gasteiger partial charge in [0.25, 0.3) is 0 Å². The van der Waals surface area contributed by atoms with Gasteiger partial charge in [-0.15, -0.1) is 23.1 Å². The molecule has 0 radical (unpaired) electrons. The van der Waals surface area contributed by atoms with Gasteiger partial charge in [-0.25, -0.2) is 0 Å². The number of hydrogen-bond donors (Lipinski definition) is 2. The summed E-state index contributed by atoms with van der Waals surface area (Å²) in [6.45, 7) is 3.29. The van der Waals surface area contributed by atoms with Crippen LogP contribution in [0.3, 0.4) is 0 Å². The molecule has 1 saturated carbocycles. The highest BCUT2D eigenvalue weighted by molar-refractivity contribution is 8.01. The van der Waals surface area contributed by atoms with Gasteiger partial charge in [-0.2, -0.15) is 0 Å². The molecule has 1 aromatic rings. The van der Waals surface area contributed by atoms with Crippen LogP contribution < -0.4 is 5.32 Å². The van der Waals surface area contributed by atoms with Gasteiger partial charge >= 0.3 is 0 Å². The number of fused-ring (bicyclic) bond motifs is 1. The standard InChI is InChI=1S/C15H23NOS2/c1-10-8-13(12-6-7-18-15(12)19-10)16-9-11-4-2-3-5-14(11)17/h6-7,10-11,13-14,16-17H,2-5,8-9H2,1H3/t10-,11?,13?,14?/m0/s1. The van der Waals surface area contributed by atoms with Crippen molar-refractivity contribution in [3.05, 3.63) is 17.0 Å². The van der Waals surface area contributed by atoms with Crippen LogP contribution in [0.5, 0.6) is 0 Å². The highest BCUT2D eigenvalue weighted by Crippen LogP contribution is 2.43. The lowest BCUT2D eigenvalue weighted by Gasteiger charge is -2.32. The molecule has 0 bridgehead atoms. The zero-order valence-corrected chi connectivity index (χ0v) is 13.1. The number of aliphatic hydroxyl groups excluding tert-OH is 1. The van der Waals surface area contributed by atoms with E-state index in [1.807, 2.05) is 23.1 Å². The van der Waals surface area contributed by atoms with E-state index in [9.17, 15) is 5.11 Å². The van der Waals surface area contributed by atoms with Crippen molar-refractivity contribution in [1.82, 2.24) is 5.32 Å². The van der Waals surface area contributed by atoms with E-state index < -0.39 is 0 Å². The monoisotopic (exact) mass is 297 g/mol. The summed E-state index contributed by atoms with van der Waals surface area (Å²) < 4.78 is 1.49. The first-order valence-corrected chi connectivity index (χ1v) is 9.15. The Morgan fingerprint density at radius 3 is 3.05 bits per heavy atom. The second-order valence-corrected chi connectivity index (χ2v) is 8.52. The molecule has 4 atom stereocenters. The third kappa shape index (κ3) is 3.18. The Kier molecular flexibility index (Phi) is 4.52. The van der Waals surface area contributed by atoms with E-state index >= 15 is 0 Å². The number of thioether (sulfide) groups is 1. The summed E-state index contributed by atoms with van der Waals surface area (Å²) in [6.07, 6.45) is 5.78. The van der Waals surface area contributed by atoms with Gasteiger partial charge in [0.15, 0.2) is 0 Å². The van der Waals surface area contributed by atoms with E-state index in [1.54, 1.807) is 0 Å². The van der Waals surface area contributed by atoms with E-state index in [0.717, 1.165) is 13.0 Å². The van der Waals surface area contributed by atoms with Gasteiger partial charge in [-0.05, 0) is 42.2 Å². The van der Waals surface area contributed by atoms with Crippen LogP contribution in [0.15, 0.2) is 15.7 Å². The van der Waals surface area contributed by atoms with Crippen LogP contribution in [0.1, 0.15) is 50.6 Å². The van der Waals surface area contributed by atoms with E-state index in [2.05, 4.69) is 23.7 Å². The Hall–Kier alpha value is -0.0300. The fourth-order valence-corrected chi connectivity index (χ4v) is 5.83. The average molecular weight is 297 g/mol. The number of thiophene rings is 1. The molecule has 1 aromatic heterocycles. The van der Waals surface area contributed by atoms with Crippen molar-refractivity contribution in [2.45, 2.75) is 60.6 Å². The van der Waals surface area contributed by atoms with Crippen molar-refractivity contribution in [1.29, 1.82) is 0 Å². The highest BCUT2D eigenvalue weighted by atomic mass is 32.2. The van der Waals surface area contributed by atoms with Gasteiger partial charge in [-0.1, -0.05) is 19.8 Å². The molecule has 3 rings (SSSR count). The van der Waals surface area contributed by atoms with Crippen LogP contribution in [0.4, 0.5) is 0 Å². The van der Waals surface area contributed by atoms with E-state index in [-0.39, 0.29) is 6.10 Å². The maximum absolute atomic E-state index is 10.1. The largest absolute Gasteiger partial charge is 0.393 e. The van der Waals surface area contributed by atoms with Crippen molar-refractivity contribution >= 4 is 23.1 Å². The third-order valence-corrected chi connectivity index (χ3v) is 6.75. The molecule has 19 heavy (non-hydrogen) atoms. The third-order valence-electron chi connectivity index (χ3n) is 4.41. The lowest BCUT2D eigenvalue weighted by atomic mass is 9.86. The van der Waals surface area contributed by atoms with Crippen LogP contribution in [-0.2, 0) is 0 Å². The number of rotatable bonds is 3. The molecule has 0 aromatic carbocycles. The second kappa shape index (κ2) is 6.17. The molecule has 2 aliphatic rings. The summed E-state index contributed by atoms with van der Waals surface area (Å²) >= 11 is 3.88.